The summed E-state index contributed by atoms with van der Waals surface area (Å²) in [5, 5.41) is 15.8. The molecule has 1 aliphatic heterocycles. The van der Waals surface area contributed by atoms with Crippen LogP contribution in [0.25, 0.3) is 0 Å². The molecular formula is C36H55N5O7. The lowest BCUT2D eigenvalue weighted by atomic mass is 10.0. The highest BCUT2D eigenvalue weighted by atomic mass is 16.5. The molecule has 3 rings (SSSR count). The van der Waals surface area contributed by atoms with Crippen LogP contribution in [-0.2, 0) is 9.53 Å². The van der Waals surface area contributed by atoms with Crippen molar-refractivity contribution in [3.63, 3.8) is 0 Å². The maximum atomic E-state index is 14.3. The lowest BCUT2D eigenvalue weighted by Crippen LogP contribution is -2.48. The molecule has 2 aromatic rings. The zero-order valence-electron chi connectivity index (χ0n) is 29.7. The summed E-state index contributed by atoms with van der Waals surface area (Å²) in [5.74, 6) is 0.630. The molecule has 4 amide bonds. The highest BCUT2D eigenvalue weighted by Gasteiger charge is 2.31. The van der Waals surface area contributed by atoms with Crippen LogP contribution in [0.3, 0.4) is 0 Å². The predicted octanol–water partition coefficient (Wildman–Crippen LogP) is 4.93. The van der Waals surface area contributed by atoms with Gasteiger partial charge < -0.3 is 44.7 Å². The lowest BCUT2D eigenvalue weighted by Gasteiger charge is -2.36. The van der Waals surface area contributed by atoms with Gasteiger partial charge in [0, 0.05) is 50.5 Å². The predicted molar refractivity (Wildman–Crippen MR) is 188 cm³/mol. The summed E-state index contributed by atoms with van der Waals surface area (Å²) < 4.78 is 17.8. The van der Waals surface area contributed by atoms with E-state index in [4.69, 9.17) is 14.2 Å². The monoisotopic (exact) mass is 669 g/mol. The summed E-state index contributed by atoms with van der Waals surface area (Å²) in [6.07, 6.45) is 3.16. The minimum Gasteiger partial charge on any atom is -0.497 e. The number of ether oxygens (including phenoxy) is 3. The molecule has 1 heterocycles. The van der Waals surface area contributed by atoms with E-state index < -0.39 is 12.1 Å². The molecule has 0 aromatic heterocycles. The highest BCUT2D eigenvalue weighted by molar-refractivity contribution is 6.02. The molecule has 0 fully saturated rings. The Hall–Kier alpha value is -3.87. The average Bonchev–Trinajstić information content (AvgIpc) is 3.06. The molecule has 48 heavy (non-hydrogen) atoms. The summed E-state index contributed by atoms with van der Waals surface area (Å²) in [7, 11) is 7.35. The van der Waals surface area contributed by atoms with Crippen molar-refractivity contribution in [2.75, 3.05) is 71.7 Å². The average molecular weight is 670 g/mol. The SMILES string of the molecule is COc1ccc(NC(=O)Nc2ccc3c(c2)C(=O)N([C@H](C)CO)C[C@H](C)[C@H](CN(C)C(=O)CCCN(C)C)OCCCC[C@H](C)O3)cc1. The number of hydrogen-bond donors (Lipinski definition) is 3. The molecule has 0 saturated heterocycles. The standard InChI is InChI=1S/C36H55N5O7/c1-25-22-41(26(2)24-42)35(44)31-21-29(38-36(45)37-28-13-16-30(46-7)17-14-28)15-18-32(31)48-27(3)11-8-9-20-47-33(25)23-40(6)34(43)12-10-19-39(4)5/h13-18,21,25-27,33,42H,8-12,19-20,22-24H2,1-7H3,(H2,37,38,45)/t25-,26+,27-,33-/m0/s1. The molecule has 266 valence electrons. The number of likely N-dealkylation sites (N-methyl/N-ethyl adjacent to an activating group) is 1. The minimum absolute atomic E-state index is 0.0553. The van der Waals surface area contributed by atoms with Gasteiger partial charge in [-0.1, -0.05) is 6.92 Å². The first-order valence-electron chi connectivity index (χ1n) is 16.9. The third-order valence-electron chi connectivity index (χ3n) is 8.53. The third kappa shape index (κ3) is 12.0. The molecule has 12 heteroatoms. The molecule has 4 atom stereocenters. The van der Waals surface area contributed by atoms with E-state index in [1.807, 2.05) is 27.9 Å². The van der Waals surface area contributed by atoms with Gasteiger partial charge in [-0.2, -0.15) is 0 Å². The summed E-state index contributed by atoms with van der Waals surface area (Å²) >= 11 is 0. The number of fused-ring (bicyclic) bond motifs is 1. The van der Waals surface area contributed by atoms with Crippen molar-refractivity contribution in [3.05, 3.63) is 48.0 Å². The van der Waals surface area contributed by atoms with Crippen molar-refractivity contribution in [2.24, 2.45) is 5.92 Å². The summed E-state index contributed by atoms with van der Waals surface area (Å²) in [4.78, 5) is 45.6. The van der Waals surface area contributed by atoms with E-state index in [9.17, 15) is 19.5 Å². The molecule has 0 saturated carbocycles. The smallest absolute Gasteiger partial charge is 0.323 e. The van der Waals surface area contributed by atoms with E-state index in [1.165, 1.54) is 0 Å². The number of rotatable bonds is 11. The lowest BCUT2D eigenvalue weighted by molar-refractivity contribution is -0.132. The van der Waals surface area contributed by atoms with E-state index in [2.05, 4.69) is 15.5 Å². The molecule has 12 nitrogen and oxygen atoms in total. The number of nitrogens with zero attached hydrogens (tertiary/aromatic N) is 3. The second-order valence-corrected chi connectivity index (χ2v) is 13.0. The molecule has 1 aliphatic rings. The molecule has 2 aromatic carbocycles. The van der Waals surface area contributed by atoms with Gasteiger partial charge in [0.25, 0.3) is 5.91 Å². The van der Waals surface area contributed by atoms with Crippen molar-refractivity contribution in [2.45, 2.75) is 71.1 Å². The van der Waals surface area contributed by atoms with Crippen LogP contribution in [0.5, 0.6) is 11.5 Å². The topological polar surface area (TPSA) is 133 Å². The maximum Gasteiger partial charge on any atom is 0.323 e. The van der Waals surface area contributed by atoms with Gasteiger partial charge in [-0.15, -0.1) is 0 Å². The van der Waals surface area contributed by atoms with Crippen LogP contribution in [0, 0.1) is 5.92 Å². The Bertz CT molecular complexity index is 1320. The van der Waals surface area contributed by atoms with Crippen molar-refractivity contribution < 1.29 is 33.7 Å². The molecule has 0 aliphatic carbocycles. The van der Waals surface area contributed by atoms with Crippen LogP contribution in [-0.4, -0.2) is 117 Å². The van der Waals surface area contributed by atoms with Crippen LogP contribution >= 0.6 is 0 Å². The van der Waals surface area contributed by atoms with Gasteiger partial charge in [0.2, 0.25) is 5.91 Å². The van der Waals surface area contributed by atoms with Crippen LogP contribution < -0.4 is 20.1 Å². The Balaban J connectivity index is 1.86. The van der Waals surface area contributed by atoms with Gasteiger partial charge in [-0.05, 0) is 103 Å². The first kappa shape index (κ1) is 38.6. The Morgan fingerprint density at radius 1 is 1.06 bits per heavy atom. The Morgan fingerprint density at radius 2 is 1.75 bits per heavy atom. The van der Waals surface area contributed by atoms with Gasteiger partial charge >= 0.3 is 6.03 Å². The third-order valence-corrected chi connectivity index (χ3v) is 8.53. The second-order valence-electron chi connectivity index (χ2n) is 13.0. The Morgan fingerprint density at radius 3 is 2.42 bits per heavy atom. The maximum absolute atomic E-state index is 14.3. The molecule has 0 unspecified atom stereocenters. The van der Waals surface area contributed by atoms with Gasteiger partial charge in [-0.25, -0.2) is 4.79 Å². The van der Waals surface area contributed by atoms with Crippen LogP contribution in [0.15, 0.2) is 42.5 Å². The molecule has 3 N–H and O–H groups in total. The number of carbonyl (C=O) groups excluding carboxylic acids is 3. The van der Waals surface area contributed by atoms with Crippen LogP contribution in [0.1, 0.15) is 63.2 Å². The quantitative estimate of drug-likeness (QED) is 0.307. The van der Waals surface area contributed by atoms with Gasteiger partial charge in [0.1, 0.15) is 11.5 Å². The van der Waals surface area contributed by atoms with Crippen LogP contribution in [0.4, 0.5) is 16.2 Å². The fourth-order valence-corrected chi connectivity index (χ4v) is 5.54. The van der Waals surface area contributed by atoms with Crippen LogP contribution in [0.2, 0.25) is 0 Å². The number of nitrogens with one attached hydrogen (secondary N) is 2. The normalized spacial score (nSPS) is 19.8. The van der Waals surface area contributed by atoms with E-state index in [0.29, 0.717) is 42.4 Å². The number of urea groups is 1. The largest absolute Gasteiger partial charge is 0.497 e. The van der Waals surface area contributed by atoms with Crippen molar-refractivity contribution in [1.29, 1.82) is 0 Å². The summed E-state index contributed by atoms with van der Waals surface area (Å²) in [5.41, 5.74) is 1.26. The fourth-order valence-electron chi connectivity index (χ4n) is 5.54. The number of hydrogen-bond acceptors (Lipinski definition) is 8. The first-order chi connectivity index (χ1) is 22.9. The Kier molecular flexibility index (Phi) is 15.4. The fraction of sp³-hybridized carbons (Fsp3) is 0.583. The number of methoxy groups -OCH3 is 1. The minimum atomic E-state index is -0.515. The molecule has 0 spiro atoms. The number of aliphatic hydroxyl groups excluding tert-OH is 1. The molecule has 0 bridgehead atoms. The number of anilines is 2. The number of carbonyl (C=O) groups is 3. The highest BCUT2D eigenvalue weighted by Crippen LogP contribution is 2.29. The number of aliphatic hydroxyl groups is 1. The summed E-state index contributed by atoms with van der Waals surface area (Å²) in [6.45, 7) is 7.54. The van der Waals surface area contributed by atoms with Gasteiger partial charge in [0.15, 0.2) is 0 Å². The number of benzene rings is 2. The van der Waals surface area contributed by atoms with Crippen molar-refractivity contribution >= 4 is 29.2 Å². The van der Waals surface area contributed by atoms with Crippen molar-refractivity contribution in [3.8, 4) is 11.5 Å². The Labute approximate surface area is 285 Å². The van der Waals surface area contributed by atoms with Crippen molar-refractivity contribution in [1.82, 2.24) is 14.7 Å². The van der Waals surface area contributed by atoms with E-state index in [-0.39, 0.29) is 48.7 Å². The summed E-state index contributed by atoms with van der Waals surface area (Å²) in [6, 6.07) is 11.0. The molecule has 0 radical (unpaired) electrons. The van der Waals surface area contributed by atoms with Gasteiger partial charge in [0.05, 0.1) is 37.5 Å². The second kappa shape index (κ2) is 19.2. The van der Waals surface area contributed by atoms with E-state index >= 15 is 0 Å². The molecular weight excluding hydrogens is 614 g/mol. The first-order valence-corrected chi connectivity index (χ1v) is 16.9. The van der Waals surface area contributed by atoms with Gasteiger partial charge in [-0.3, -0.25) is 9.59 Å². The van der Waals surface area contributed by atoms with E-state index in [1.54, 1.807) is 73.3 Å². The zero-order chi connectivity index (χ0) is 35.2. The van der Waals surface area contributed by atoms with E-state index in [0.717, 1.165) is 32.2 Å². The zero-order valence-corrected chi connectivity index (χ0v) is 29.7. The number of amides is 4.